The molecule has 1 unspecified atom stereocenters. The van der Waals surface area contributed by atoms with Gasteiger partial charge in [-0.2, -0.15) is 0 Å². The highest BCUT2D eigenvalue weighted by Crippen LogP contribution is 2.20. The van der Waals surface area contributed by atoms with E-state index in [1.807, 2.05) is 13.8 Å². The number of aryl methyl sites for hydroxylation is 1. The van der Waals surface area contributed by atoms with E-state index in [0.717, 1.165) is 5.69 Å². The SMILES string of the molecule is CCC(NS(=O)(=O)c1cccc(Cl)c1)c1ncc(C)[nH]1.O=CO. The number of rotatable bonds is 5. The highest BCUT2D eigenvalue weighted by Gasteiger charge is 2.22. The van der Waals surface area contributed by atoms with Gasteiger partial charge in [0.1, 0.15) is 5.82 Å². The number of nitrogens with one attached hydrogen (secondary N) is 2. The predicted molar refractivity (Wildman–Crippen MR) is 86.8 cm³/mol. The van der Waals surface area contributed by atoms with Gasteiger partial charge < -0.3 is 10.1 Å². The van der Waals surface area contributed by atoms with Gasteiger partial charge in [0.25, 0.3) is 6.47 Å². The van der Waals surface area contributed by atoms with Gasteiger partial charge in [-0.15, -0.1) is 0 Å². The Kier molecular flexibility index (Phi) is 7.21. The number of carboxylic acid groups (broad SMARTS) is 1. The van der Waals surface area contributed by atoms with Crippen molar-refractivity contribution in [1.82, 2.24) is 14.7 Å². The van der Waals surface area contributed by atoms with Crippen LogP contribution in [0.3, 0.4) is 0 Å². The number of aromatic nitrogens is 2. The summed E-state index contributed by atoms with van der Waals surface area (Å²) in [5, 5.41) is 7.27. The molecule has 0 amide bonds. The van der Waals surface area contributed by atoms with Gasteiger partial charge in [-0.05, 0) is 31.5 Å². The van der Waals surface area contributed by atoms with Gasteiger partial charge in [-0.1, -0.05) is 24.6 Å². The number of sulfonamides is 1. The molecule has 3 N–H and O–H groups in total. The lowest BCUT2D eigenvalue weighted by atomic mass is 10.2. The Morgan fingerprint density at radius 2 is 2.13 bits per heavy atom. The Bertz CT molecular complexity index is 746. The third-order valence-corrected chi connectivity index (χ3v) is 4.57. The molecule has 0 saturated carbocycles. The number of hydrogen-bond donors (Lipinski definition) is 3. The van der Waals surface area contributed by atoms with E-state index < -0.39 is 16.1 Å². The summed E-state index contributed by atoms with van der Waals surface area (Å²) in [5.41, 5.74) is 0.889. The summed E-state index contributed by atoms with van der Waals surface area (Å²) in [6.07, 6.45) is 2.26. The maximum absolute atomic E-state index is 12.3. The normalized spacial score (nSPS) is 12.1. The average Bonchev–Trinajstić information content (AvgIpc) is 2.92. The monoisotopic (exact) mass is 359 g/mol. The minimum atomic E-state index is -3.63. The van der Waals surface area contributed by atoms with Crippen LogP contribution in [0.5, 0.6) is 0 Å². The van der Waals surface area contributed by atoms with E-state index in [1.165, 1.54) is 12.1 Å². The number of benzene rings is 1. The fourth-order valence-electron chi connectivity index (χ4n) is 1.83. The second-order valence-electron chi connectivity index (χ2n) is 4.60. The molecule has 1 aromatic carbocycles. The first kappa shape index (κ1) is 19.1. The van der Waals surface area contributed by atoms with Crippen LogP contribution in [0.1, 0.15) is 30.9 Å². The van der Waals surface area contributed by atoms with E-state index in [9.17, 15) is 8.42 Å². The summed E-state index contributed by atoms with van der Waals surface area (Å²) in [7, 11) is -3.63. The van der Waals surface area contributed by atoms with Crippen LogP contribution < -0.4 is 4.72 Å². The van der Waals surface area contributed by atoms with Crippen LogP contribution >= 0.6 is 11.6 Å². The lowest BCUT2D eigenvalue weighted by Gasteiger charge is -2.15. The van der Waals surface area contributed by atoms with E-state index in [4.69, 9.17) is 21.5 Å². The summed E-state index contributed by atoms with van der Waals surface area (Å²) >= 11 is 5.83. The molecule has 1 heterocycles. The quantitative estimate of drug-likeness (QED) is 0.710. The molecular weight excluding hydrogens is 342 g/mol. The molecule has 0 aliphatic carbocycles. The third kappa shape index (κ3) is 5.66. The first-order valence-corrected chi connectivity index (χ1v) is 8.57. The maximum Gasteiger partial charge on any atom is 0.290 e. The van der Waals surface area contributed by atoms with Crippen molar-refractivity contribution in [3.05, 3.63) is 47.0 Å². The lowest BCUT2D eigenvalue weighted by molar-refractivity contribution is -0.122. The van der Waals surface area contributed by atoms with Gasteiger partial charge in [-0.25, -0.2) is 18.1 Å². The van der Waals surface area contributed by atoms with Gasteiger partial charge in [0.15, 0.2) is 0 Å². The fourth-order valence-corrected chi connectivity index (χ4v) is 3.42. The number of nitrogens with zero attached hydrogens (tertiary/aromatic N) is 1. The van der Waals surface area contributed by atoms with E-state index in [0.29, 0.717) is 17.3 Å². The molecule has 126 valence electrons. The molecule has 9 heteroatoms. The van der Waals surface area contributed by atoms with Gasteiger partial charge in [-0.3, -0.25) is 4.79 Å². The minimum absolute atomic E-state index is 0.145. The van der Waals surface area contributed by atoms with E-state index >= 15 is 0 Å². The number of imidazole rings is 1. The van der Waals surface area contributed by atoms with Crippen LogP contribution in [-0.4, -0.2) is 30.0 Å². The van der Waals surface area contributed by atoms with Gasteiger partial charge in [0, 0.05) is 16.9 Å². The van der Waals surface area contributed by atoms with E-state index in [-0.39, 0.29) is 11.4 Å². The van der Waals surface area contributed by atoms with Crippen molar-refractivity contribution >= 4 is 28.1 Å². The standard InChI is InChI=1S/C13H16ClN3O2S.CH2O2/c1-3-12(13-15-8-9(2)16-13)17-20(18,19)11-6-4-5-10(14)7-11;2-1-3/h4-8,12,17H,3H2,1-2H3,(H,15,16);1H,(H,2,3). The van der Waals surface area contributed by atoms with Crippen molar-refractivity contribution in [3.63, 3.8) is 0 Å². The van der Waals surface area contributed by atoms with Crippen LogP contribution in [0.4, 0.5) is 0 Å². The minimum Gasteiger partial charge on any atom is -0.483 e. The molecule has 0 fully saturated rings. The van der Waals surface area contributed by atoms with E-state index in [1.54, 1.807) is 18.3 Å². The largest absolute Gasteiger partial charge is 0.483 e. The van der Waals surface area contributed by atoms with Crippen molar-refractivity contribution in [2.45, 2.75) is 31.2 Å². The molecule has 7 nitrogen and oxygen atoms in total. The van der Waals surface area contributed by atoms with Crippen LogP contribution in [-0.2, 0) is 14.8 Å². The summed E-state index contributed by atoms with van der Waals surface area (Å²) < 4.78 is 27.3. The smallest absolute Gasteiger partial charge is 0.290 e. The molecule has 23 heavy (non-hydrogen) atoms. The number of hydrogen-bond acceptors (Lipinski definition) is 4. The zero-order valence-electron chi connectivity index (χ0n) is 12.7. The Labute approximate surface area is 139 Å². The molecular formula is C14H18ClN3O4S. The molecule has 0 aliphatic rings. The van der Waals surface area contributed by atoms with Gasteiger partial charge in [0.2, 0.25) is 10.0 Å². The molecule has 0 spiro atoms. The lowest BCUT2D eigenvalue weighted by Crippen LogP contribution is -2.29. The van der Waals surface area contributed by atoms with Gasteiger partial charge in [0.05, 0.1) is 10.9 Å². The Balaban J connectivity index is 0.000000816. The molecule has 0 radical (unpaired) electrons. The molecule has 1 atom stereocenters. The highest BCUT2D eigenvalue weighted by atomic mass is 35.5. The number of carbonyl (C=O) groups is 1. The summed E-state index contributed by atoms with van der Waals surface area (Å²) in [4.78, 5) is 15.7. The Morgan fingerprint density at radius 3 is 2.61 bits per heavy atom. The van der Waals surface area contributed by atoms with Crippen LogP contribution in [0, 0.1) is 6.92 Å². The summed E-state index contributed by atoms with van der Waals surface area (Å²) in [6.45, 7) is 3.51. The van der Waals surface area contributed by atoms with Gasteiger partial charge >= 0.3 is 0 Å². The molecule has 2 aromatic rings. The topological polar surface area (TPSA) is 112 Å². The molecule has 0 bridgehead atoms. The molecule has 1 aromatic heterocycles. The van der Waals surface area contributed by atoms with Crippen molar-refractivity contribution in [2.24, 2.45) is 0 Å². The van der Waals surface area contributed by atoms with Crippen LogP contribution in [0.15, 0.2) is 35.4 Å². The second-order valence-corrected chi connectivity index (χ2v) is 6.75. The van der Waals surface area contributed by atoms with Crippen molar-refractivity contribution < 1.29 is 18.3 Å². The zero-order chi connectivity index (χ0) is 17.5. The zero-order valence-corrected chi connectivity index (χ0v) is 14.2. The van der Waals surface area contributed by atoms with Crippen LogP contribution in [0.25, 0.3) is 0 Å². The first-order chi connectivity index (χ1) is 10.8. The summed E-state index contributed by atoms with van der Waals surface area (Å²) in [5.74, 6) is 0.607. The van der Waals surface area contributed by atoms with Crippen molar-refractivity contribution in [2.75, 3.05) is 0 Å². The molecule has 0 saturated heterocycles. The molecule has 2 rings (SSSR count). The summed E-state index contributed by atoms with van der Waals surface area (Å²) in [6, 6.07) is 5.77. The van der Waals surface area contributed by atoms with E-state index in [2.05, 4.69) is 14.7 Å². The Morgan fingerprint density at radius 1 is 1.48 bits per heavy atom. The highest BCUT2D eigenvalue weighted by molar-refractivity contribution is 7.89. The number of aromatic amines is 1. The molecule has 0 aliphatic heterocycles. The second kappa shape index (κ2) is 8.66. The van der Waals surface area contributed by atoms with Crippen LogP contribution in [0.2, 0.25) is 5.02 Å². The average molecular weight is 360 g/mol. The third-order valence-electron chi connectivity index (χ3n) is 2.86. The Hall–Kier alpha value is -1.90. The maximum atomic E-state index is 12.3. The number of halogens is 1. The predicted octanol–water partition coefficient (Wildman–Crippen LogP) is 2.50. The first-order valence-electron chi connectivity index (χ1n) is 6.71. The fraction of sp³-hybridized carbons (Fsp3) is 0.286. The van der Waals surface area contributed by atoms with Crippen molar-refractivity contribution in [3.8, 4) is 0 Å². The number of H-pyrrole nitrogens is 1. The van der Waals surface area contributed by atoms with Crippen molar-refractivity contribution in [1.29, 1.82) is 0 Å².